The number of aromatic nitrogens is 12. The largest absolute Gasteiger partial charge is 0.358 e. The van der Waals surface area contributed by atoms with Crippen molar-refractivity contribution in [3.8, 4) is 0 Å². The first-order valence-electron chi connectivity index (χ1n) is 20.0. The fraction of sp³-hybridized carbons (Fsp3) is 0.700. The van der Waals surface area contributed by atoms with Gasteiger partial charge in [0, 0.05) is 21.7 Å². The average Bonchev–Trinajstić information content (AvgIpc) is 3.97. The zero-order valence-corrected chi connectivity index (χ0v) is 38.4. The van der Waals surface area contributed by atoms with Crippen LogP contribution in [0.3, 0.4) is 0 Å². The average molecular weight is 871 g/mol. The topological polar surface area (TPSA) is 228 Å². The van der Waals surface area contributed by atoms with Gasteiger partial charge >= 0.3 is 0 Å². The normalized spacial score (nSPS) is 12.9. The van der Waals surface area contributed by atoms with Crippen LogP contribution in [0.15, 0.2) is 29.8 Å². The molecule has 0 saturated heterocycles. The SMILES string of the molecule is CC(C)(C)C(=O)Cc1cn(COCC(COCn2cc(CC(=O)C(C)(C)C)nn2)(COCn2cc(CC(=O)C(C)(C)C)nn2)COCn2cc(SC(=O)C(C)(C)C)nn2)nn1. The molecule has 0 spiro atoms. The number of ether oxygens (including phenoxy) is 4. The van der Waals surface area contributed by atoms with Crippen LogP contribution in [0.4, 0.5) is 0 Å². The van der Waals surface area contributed by atoms with Crippen molar-refractivity contribution in [1.82, 2.24) is 60.0 Å². The molecule has 0 aliphatic carbocycles. The summed E-state index contributed by atoms with van der Waals surface area (Å²) in [4.78, 5) is 50.5. The lowest BCUT2D eigenvalue weighted by molar-refractivity contribution is -0.140. The molecule has 0 aromatic carbocycles. The third-order valence-electron chi connectivity index (χ3n) is 9.15. The van der Waals surface area contributed by atoms with Crippen molar-refractivity contribution in [2.24, 2.45) is 27.1 Å². The molecule has 0 unspecified atom stereocenters. The number of hydrogen-bond acceptors (Lipinski definition) is 17. The summed E-state index contributed by atoms with van der Waals surface area (Å²) in [5.41, 5.74) is -1.55. The lowest BCUT2D eigenvalue weighted by Gasteiger charge is -2.32. The van der Waals surface area contributed by atoms with Crippen molar-refractivity contribution in [2.45, 2.75) is 134 Å². The summed E-state index contributed by atoms with van der Waals surface area (Å²) in [5, 5.41) is 33.6. The van der Waals surface area contributed by atoms with E-state index < -0.39 is 27.1 Å². The van der Waals surface area contributed by atoms with E-state index in [9.17, 15) is 19.2 Å². The van der Waals surface area contributed by atoms with E-state index in [-0.39, 0.29) is 95.1 Å². The van der Waals surface area contributed by atoms with Gasteiger partial charge in [0.15, 0.2) is 0 Å². The highest BCUT2D eigenvalue weighted by Gasteiger charge is 2.34. The zero-order valence-electron chi connectivity index (χ0n) is 37.6. The summed E-state index contributed by atoms with van der Waals surface area (Å²) in [7, 11) is 0. The smallest absolute Gasteiger partial charge is 0.200 e. The minimum Gasteiger partial charge on any atom is -0.358 e. The van der Waals surface area contributed by atoms with E-state index >= 15 is 0 Å². The van der Waals surface area contributed by atoms with E-state index in [0.717, 1.165) is 11.8 Å². The summed E-state index contributed by atoms with van der Waals surface area (Å²) in [6.07, 6.45) is 7.04. The van der Waals surface area contributed by atoms with Crippen molar-refractivity contribution in [3.05, 3.63) is 41.9 Å². The number of ketones is 3. The van der Waals surface area contributed by atoms with Gasteiger partial charge in [0.25, 0.3) is 0 Å². The Balaban J connectivity index is 1.53. The van der Waals surface area contributed by atoms with Crippen molar-refractivity contribution in [2.75, 3.05) is 26.4 Å². The summed E-state index contributed by atoms with van der Waals surface area (Å²) in [5.74, 6) is 0.0984. The third kappa shape index (κ3) is 16.0. The first-order valence-corrected chi connectivity index (χ1v) is 20.8. The van der Waals surface area contributed by atoms with Gasteiger partial charge in [-0.15, -0.1) is 20.4 Å². The molecule has 4 aromatic heterocycles. The maximum atomic E-state index is 12.6. The van der Waals surface area contributed by atoms with Crippen molar-refractivity contribution >= 4 is 34.2 Å². The molecular weight excluding hydrogens is 809 g/mol. The maximum absolute atomic E-state index is 12.6. The Morgan fingerprint density at radius 1 is 0.459 bits per heavy atom. The Bertz CT molecular complexity index is 1780. The summed E-state index contributed by atoms with van der Waals surface area (Å²) < 4.78 is 30.9. The molecule has 4 heterocycles. The first kappa shape index (κ1) is 49.1. The van der Waals surface area contributed by atoms with Gasteiger partial charge in [-0.25, -0.2) is 18.7 Å². The van der Waals surface area contributed by atoms with Crippen LogP contribution >= 0.6 is 11.8 Å². The molecule has 0 N–H and O–H groups in total. The highest BCUT2D eigenvalue weighted by atomic mass is 32.2. The van der Waals surface area contributed by atoms with Crippen molar-refractivity contribution < 1.29 is 38.1 Å². The van der Waals surface area contributed by atoms with E-state index in [2.05, 4.69) is 41.2 Å². The van der Waals surface area contributed by atoms with E-state index in [4.69, 9.17) is 18.9 Å². The second-order valence-corrected chi connectivity index (χ2v) is 20.4. The molecule has 0 aliphatic rings. The number of carbonyl (C=O) groups excluding carboxylic acids is 4. The van der Waals surface area contributed by atoms with Crippen molar-refractivity contribution in [3.63, 3.8) is 0 Å². The maximum Gasteiger partial charge on any atom is 0.200 e. The Morgan fingerprint density at radius 3 is 1.05 bits per heavy atom. The van der Waals surface area contributed by atoms with Crippen LogP contribution in [-0.2, 0) is 84.3 Å². The number of nitrogens with zero attached hydrogens (tertiary/aromatic N) is 12. The Morgan fingerprint density at radius 2 is 0.754 bits per heavy atom. The van der Waals surface area contributed by atoms with Gasteiger partial charge < -0.3 is 18.9 Å². The van der Waals surface area contributed by atoms with Gasteiger partial charge in [-0.1, -0.05) is 104 Å². The molecule has 21 heteroatoms. The van der Waals surface area contributed by atoms with Gasteiger partial charge in [0.1, 0.15) is 49.3 Å². The van der Waals surface area contributed by atoms with E-state index in [1.165, 1.54) is 18.7 Å². The predicted octanol–water partition coefficient (Wildman–Crippen LogP) is 4.17. The predicted molar refractivity (Wildman–Crippen MR) is 221 cm³/mol. The molecule has 0 fully saturated rings. The first-order chi connectivity index (χ1) is 28.3. The van der Waals surface area contributed by atoms with Crippen molar-refractivity contribution in [1.29, 1.82) is 0 Å². The second-order valence-electron chi connectivity index (χ2n) is 19.4. The third-order valence-corrected chi connectivity index (χ3v) is 10.3. The Hall–Kier alpha value is -4.57. The molecule has 0 saturated carbocycles. The molecule has 0 bridgehead atoms. The van der Waals surface area contributed by atoms with Crippen LogP contribution in [0, 0.1) is 27.1 Å². The van der Waals surface area contributed by atoms with Gasteiger partial charge in [-0.05, 0) is 11.8 Å². The number of thioether (sulfide) groups is 1. The van der Waals surface area contributed by atoms with Crippen LogP contribution in [0.5, 0.6) is 0 Å². The van der Waals surface area contributed by atoms with Crippen LogP contribution in [0.25, 0.3) is 0 Å². The van der Waals surface area contributed by atoms with E-state index in [1.807, 2.05) is 83.1 Å². The lowest BCUT2D eigenvalue weighted by Crippen LogP contribution is -2.42. The minimum atomic E-state index is -0.983. The van der Waals surface area contributed by atoms with Gasteiger partial charge in [0.2, 0.25) is 5.12 Å². The molecule has 0 radical (unpaired) electrons. The molecule has 20 nitrogen and oxygen atoms in total. The highest BCUT2D eigenvalue weighted by molar-refractivity contribution is 8.13. The molecule has 0 atom stereocenters. The molecule has 4 aromatic rings. The van der Waals surface area contributed by atoms with E-state index in [1.54, 1.807) is 24.8 Å². The summed E-state index contributed by atoms with van der Waals surface area (Å²) >= 11 is 1.01. The van der Waals surface area contributed by atoms with Gasteiger partial charge in [-0.2, -0.15) is 0 Å². The van der Waals surface area contributed by atoms with Crippen LogP contribution in [0.2, 0.25) is 0 Å². The fourth-order valence-corrected chi connectivity index (χ4v) is 5.80. The van der Waals surface area contributed by atoms with Crippen LogP contribution in [-0.4, -0.2) is 109 Å². The van der Waals surface area contributed by atoms with E-state index in [0.29, 0.717) is 22.1 Å². The van der Waals surface area contributed by atoms with Crippen LogP contribution < -0.4 is 0 Å². The molecular formula is C40H62N12O8S. The second kappa shape index (κ2) is 20.5. The highest BCUT2D eigenvalue weighted by Crippen LogP contribution is 2.28. The molecule has 0 aliphatic heterocycles. The fourth-order valence-electron chi connectivity index (χ4n) is 5.05. The Labute approximate surface area is 361 Å². The zero-order chi connectivity index (χ0) is 45.2. The number of Topliss-reactive ketones (excluding diaryl/α,β-unsaturated/α-hetero) is 3. The molecule has 4 rings (SSSR count). The molecule has 61 heavy (non-hydrogen) atoms. The van der Waals surface area contributed by atoms with Crippen LogP contribution in [0.1, 0.15) is 100 Å². The summed E-state index contributed by atoms with van der Waals surface area (Å²) in [6.45, 7) is 22.3. The standard InChI is InChI=1S/C40H62N12O8S/c1-36(2,3)31(53)13-28-16-49(45-41-28)24-57-20-40(21-58-25-50-17-29(42-46-50)14-32(54)37(4,5)6,22-59-26-51-18-30(43-47-51)15-33(55)38(7,8)9)23-60-27-52-19-34(44-48-52)61-35(56)39(10,11)12/h16-19H,13-15,20-27H2,1-12H3. The molecule has 336 valence electrons. The number of hydrogen-bond donors (Lipinski definition) is 0. The monoisotopic (exact) mass is 870 g/mol. The number of rotatable bonds is 23. The quantitative estimate of drug-likeness (QED) is 0.0953. The van der Waals surface area contributed by atoms with Gasteiger partial charge in [-0.3, -0.25) is 19.2 Å². The van der Waals surface area contributed by atoms with Gasteiger partial charge in [0.05, 0.1) is 93.0 Å². The lowest BCUT2D eigenvalue weighted by atomic mass is 9.88. The number of carbonyl (C=O) groups is 4. The molecule has 0 amide bonds. The Kier molecular flexibility index (Phi) is 16.5. The summed E-state index contributed by atoms with van der Waals surface area (Å²) in [6, 6.07) is 0. The minimum absolute atomic E-state index is 0.00753.